The maximum Gasteiger partial charge on any atom is 0.225 e. The predicted octanol–water partition coefficient (Wildman–Crippen LogP) is 0.743. The first-order valence-corrected chi connectivity index (χ1v) is 7.62. The van der Waals surface area contributed by atoms with E-state index in [1.165, 1.54) is 19.4 Å². The maximum atomic E-state index is 5.00. The molecule has 0 amide bonds. The van der Waals surface area contributed by atoms with Gasteiger partial charge in [0.2, 0.25) is 5.95 Å². The van der Waals surface area contributed by atoms with Gasteiger partial charge < -0.3 is 19.9 Å². The summed E-state index contributed by atoms with van der Waals surface area (Å²) in [6.45, 7) is 4.52. The molecule has 1 N–H and O–H groups in total. The van der Waals surface area contributed by atoms with Gasteiger partial charge in [-0.3, -0.25) is 0 Å². The summed E-state index contributed by atoms with van der Waals surface area (Å²) in [5.41, 5.74) is 1.10. The van der Waals surface area contributed by atoms with Crippen LogP contribution in [0.25, 0.3) is 0 Å². The van der Waals surface area contributed by atoms with Gasteiger partial charge in [-0.05, 0) is 26.4 Å². The second kappa shape index (κ2) is 8.26. The summed E-state index contributed by atoms with van der Waals surface area (Å²) >= 11 is 0. The molecule has 0 aliphatic carbocycles. The smallest absolute Gasteiger partial charge is 0.225 e. The number of nitrogens with zero attached hydrogens (tertiary/aromatic N) is 4. The molecule has 2 rings (SSSR count). The second-order valence-electron chi connectivity index (χ2n) is 5.72. The van der Waals surface area contributed by atoms with Gasteiger partial charge in [0.25, 0.3) is 0 Å². The lowest BCUT2D eigenvalue weighted by molar-refractivity contribution is 0.199. The van der Waals surface area contributed by atoms with Crippen molar-refractivity contribution in [3.8, 4) is 0 Å². The molecule has 1 aromatic rings. The van der Waals surface area contributed by atoms with Crippen LogP contribution in [0.3, 0.4) is 0 Å². The zero-order valence-corrected chi connectivity index (χ0v) is 13.4. The van der Waals surface area contributed by atoms with Crippen molar-refractivity contribution in [1.82, 2.24) is 20.2 Å². The van der Waals surface area contributed by atoms with Crippen LogP contribution in [0.4, 0.5) is 5.95 Å². The van der Waals surface area contributed by atoms with Crippen molar-refractivity contribution in [3.05, 3.63) is 18.0 Å². The minimum absolute atomic E-state index is 0.619. The van der Waals surface area contributed by atoms with E-state index in [4.69, 9.17) is 4.74 Å². The van der Waals surface area contributed by atoms with E-state index >= 15 is 0 Å². The molecular formula is C15H27N5O. The van der Waals surface area contributed by atoms with Crippen LogP contribution in [-0.4, -0.2) is 68.4 Å². The molecule has 1 fully saturated rings. The van der Waals surface area contributed by atoms with Crippen molar-refractivity contribution >= 4 is 5.95 Å². The van der Waals surface area contributed by atoms with Crippen molar-refractivity contribution in [2.24, 2.45) is 0 Å². The van der Waals surface area contributed by atoms with Gasteiger partial charge in [0.05, 0.1) is 6.61 Å². The molecule has 0 spiro atoms. The molecule has 1 unspecified atom stereocenters. The molecule has 6 nitrogen and oxygen atoms in total. The first kappa shape index (κ1) is 16.1. The van der Waals surface area contributed by atoms with E-state index in [0.717, 1.165) is 37.8 Å². The number of hydrogen-bond acceptors (Lipinski definition) is 6. The number of rotatable bonds is 8. The average Bonchev–Trinajstić information content (AvgIpc) is 2.89. The normalized spacial score (nSPS) is 19.1. The number of hydrogen-bond donors (Lipinski definition) is 1. The van der Waals surface area contributed by atoms with Crippen LogP contribution >= 0.6 is 0 Å². The molecule has 2 heterocycles. The fourth-order valence-corrected chi connectivity index (χ4v) is 2.65. The molecule has 1 aliphatic heterocycles. The van der Waals surface area contributed by atoms with Crippen LogP contribution in [-0.2, 0) is 11.3 Å². The van der Waals surface area contributed by atoms with Gasteiger partial charge in [-0.25, -0.2) is 9.97 Å². The Hall–Kier alpha value is -1.24. The monoisotopic (exact) mass is 293 g/mol. The molecule has 0 aromatic carbocycles. The lowest BCUT2D eigenvalue weighted by atomic mass is 10.2. The number of aromatic nitrogens is 2. The first-order valence-electron chi connectivity index (χ1n) is 7.62. The lowest BCUT2D eigenvalue weighted by Gasteiger charge is -2.25. The Kier molecular flexibility index (Phi) is 6.35. The van der Waals surface area contributed by atoms with Gasteiger partial charge in [-0.15, -0.1) is 0 Å². The van der Waals surface area contributed by atoms with E-state index < -0.39 is 0 Å². The highest BCUT2D eigenvalue weighted by Gasteiger charge is 2.22. The van der Waals surface area contributed by atoms with E-state index in [2.05, 4.69) is 39.2 Å². The Labute approximate surface area is 127 Å². The van der Waals surface area contributed by atoms with Crippen molar-refractivity contribution < 1.29 is 4.74 Å². The van der Waals surface area contributed by atoms with Crippen molar-refractivity contribution in [2.45, 2.75) is 25.4 Å². The van der Waals surface area contributed by atoms with Crippen LogP contribution < -0.4 is 10.2 Å². The SMILES string of the molecule is COCCNCc1cnc(N(C)CC2CCCN2C)nc1. The van der Waals surface area contributed by atoms with Gasteiger partial charge in [-0.1, -0.05) is 0 Å². The molecule has 1 aromatic heterocycles. The number of methoxy groups -OCH3 is 1. The fraction of sp³-hybridized carbons (Fsp3) is 0.733. The largest absolute Gasteiger partial charge is 0.383 e. The lowest BCUT2D eigenvalue weighted by Crippen LogP contribution is -2.37. The summed E-state index contributed by atoms with van der Waals surface area (Å²) in [6, 6.07) is 0.619. The molecule has 0 bridgehead atoms. The number of likely N-dealkylation sites (N-methyl/N-ethyl adjacent to an activating group) is 2. The Morgan fingerprint density at radius 3 is 2.81 bits per heavy atom. The van der Waals surface area contributed by atoms with Crippen LogP contribution in [0.2, 0.25) is 0 Å². The zero-order valence-electron chi connectivity index (χ0n) is 13.4. The fourth-order valence-electron chi connectivity index (χ4n) is 2.65. The second-order valence-corrected chi connectivity index (χ2v) is 5.72. The minimum atomic E-state index is 0.619. The number of ether oxygens (including phenoxy) is 1. The zero-order chi connectivity index (χ0) is 15.1. The third kappa shape index (κ3) is 4.91. The molecule has 0 radical (unpaired) electrons. The van der Waals surface area contributed by atoms with Crippen LogP contribution in [0, 0.1) is 0 Å². The summed E-state index contributed by atoms with van der Waals surface area (Å²) in [4.78, 5) is 13.5. The summed E-state index contributed by atoms with van der Waals surface area (Å²) < 4.78 is 5.00. The van der Waals surface area contributed by atoms with Crippen molar-refractivity contribution in [3.63, 3.8) is 0 Å². The molecule has 1 atom stereocenters. The molecule has 1 aliphatic rings. The van der Waals surface area contributed by atoms with E-state index in [0.29, 0.717) is 6.04 Å². The van der Waals surface area contributed by atoms with Crippen LogP contribution in [0.5, 0.6) is 0 Å². The first-order chi connectivity index (χ1) is 10.2. The summed E-state index contributed by atoms with van der Waals surface area (Å²) in [7, 11) is 5.97. The summed E-state index contributed by atoms with van der Waals surface area (Å²) in [5, 5.41) is 3.29. The third-order valence-electron chi connectivity index (χ3n) is 4.00. The van der Waals surface area contributed by atoms with Crippen LogP contribution in [0.15, 0.2) is 12.4 Å². The highest BCUT2D eigenvalue weighted by atomic mass is 16.5. The summed E-state index contributed by atoms with van der Waals surface area (Å²) in [6.07, 6.45) is 6.36. The summed E-state index contributed by atoms with van der Waals surface area (Å²) in [5.74, 6) is 0.802. The predicted molar refractivity (Wildman–Crippen MR) is 84.5 cm³/mol. The Morgan fingerprint density at radius 2 is 2.19 bits per heavy atom. The quantitative estimate of drug-likeness (QED) is 0.714. The highest BCUT2D eigenvalue weighted by molar-refractivity contribution is 5.28. The number of likely N-dealkylation sites (tertiary alicyclic amines) is 1. The van der Waals surface area contributed by atoms with Crippen molar-refractivity contribution in [1.29, 1.82) is 0 Å². The van der Waals surface area contributed by atoms with Gasteiger partial charge in [0.15, 0.2) is 0 Å². The van der Waals surface area contributed by atoms with E-state index in [9.17, 15) is 0 Å². The van der Waals surface area contributed by atoms with E-state index in [1.54, 1.807) is 7.11 Å². The van der Waals surface area contributed by atoms with Gasteiger partial charge in [-0.2, -0.15) is 0 Å². The highest BCUT2D eigenvalue weighted by Crippen LogP contribution is 2.17. The molecule has 6 heteroatoms. The standard InChI is InChI=1S/C15H27N5O/c1-19-7-4-5-14(19)12-20(2)15-17-10-13(11-18-15)9-16-6-8-21-3/h10-11,14,16H,4-9,12H2,1-3H3. The average molecular weight is 293 g/mol. The Bertz CT molecular complexity index is 411. The molecule has 118 valence electrons. The van der Waals surface area contributed by atoms with Gasteiger partial charge in [0.1, 0.15) is 0 Å². The molecule has 21 heavy (non-hydrogen) atoms. The Morgan fingerprint density at radius 1 is 1.43 bits per heavy atom. The van der Waals surface area contributed by atoms with Crippen LogP contribution in [0.1, 0.15) is 18.4 Å². The maximum absolute atomic E-state index is 5.00. The molecule has 1 saturated heterocycles. The minimum Gasteiger partial charge on any atom is -0.383 e. The Balaban J connectivity index is 1.80. The topological polar surface area (TPSA) is 53.5 Å². The molecule has 0 saturated carbocycles. The van der Waals surface area contributed by atoms with Gasteiger partial charge >= 0.3 is 0 Å². The van der Waals surface area contributed by atoms with E-state index in [1.807, 2.05) is 12.4 Å². The number of anilines is 1. The van der Waals surface area contributed by atoms with E-state index in [-0.39, 0.29) is 0 Å². The van der Waals surface area contributed by atoms with Crippen molar-refractivity contribution in [2.75, 3.05) is 52.3 Å². The third-order valence-corrected chi connectivity index (χ3v) is 4.00. The number of nitrogens with one attached hydrogen (secondary N) is 1. The van der Waals surface area contributed by atoms with Gasteiger partial charge in [0, 0.05) is 57.8 Å². The molecular weight excluding hydrogens is 266 g/mol.